The Hall–Kier alpha value is -2.35. The normalized spacial score (nSPS) is 13.1. The smallest absolute Gasteiger partial charge is 0.330 e. The van der Waals surface area contributed by atoms with E-state index in [2.05, 4.69) is 18.8 Å². The molecule has 0 fully saturated rings. The molecule has 7 nitrogen and oxygen atoms in total. The lowest BCUT2D eigenvalue weighted by Crippen LogP contribution is -2.41. The summed E-state index contributed by atoms with van der Waals surface area (Å²) in [6.45, 7) is 6.93. The minimum atomic E-state index is -0.610. The summed E-state index contributed by atoms with van der Waals surface area (Å²) in [6.07, 6.45) is 5.50. The molecule has 1 aliphatic carbocycles. The summed E-state index contributed by atoms with van der Waals surface area (Å²) in [5, 5.41) is 0. The number of nitrogens with zero attached hydrogens (tertiary/aromatic N) is 2. The molecule has 2 heterocycles. The lowest BCUT2D eigenvalue weighted by atomic mass is 10.1. The number of H-pyrrole nitrogens is 1. The summed E-state index contributed by atoms with van der Waals surface area (Å²) >= 11 is 1.51. The number of aromatic nitrogens is 2. The molecule has 3 rings (SSSR count). The summed E-state index contributed by atoms with van der Waals surface area (Å²) < 4.78 is 1.37. The number of hydrogen-bond acceptors (Lipinski definition) is 5. The summed E-state index contributed by atoms with van der Waals surface area (Å²) in [4.78, 5) is 44.1. The molecule has 0 unspecified atom stereocenters. The molecule has 2 aromatic rings. The highest BCUT2D eigenvalue weighted by atomic mass is 32.1. The second kappa shape index (κ2) is 8.98. The number of unbranched alkanes of at least 4 members (excludes halogenated alkanes) is 1. The van der Waals surface area contributed by atoms with Crippen molar-refractivity contribution in [2.24, 2.45) is 5.92 Å². The molecule has 29 heavy (non-hydrogen) atoms. The molecular formula is C21H30N4O3S. The number of anilines is 2. The van der Waals surface area contributed by atoms with Gasteiger partial charge in [0, 0.05) is 18.0 Å². The molecule has 0 radical (unpaired) electrons. The van der Waals surface area contributed by atoms with Gasteiger partial charge in [-0.05, 0) is 49.7 Å². The second-order valence-electron chi connectivity index (χ2n) is 8.05. The molecule has 1 aliphatic rings. The van der Waals surface area contributed by atoms with Crippen LogP contribution in [-0.2, 0) is 19.4 Å². The first kappa shape index (κ1) is 21.4. The van der Waals surface area contributed by atoms with Crippen LogP contribution in [0.25, 0.3) is 0 Å². The third kappa shape index (κ3) is 4.47. The lowest BCUT2D eigenvalue weighted by molar-refractivity contribution is 0.0989. The number of thiophene rings is 1. The van der Waals surface area contributed by atoms with Gasteiger partial charge in [0.1, 0.15) is 5.82 Å². The van der Waals surface area contributed by atoms with Crippen molar-refractivity contribution in [2.75, 3.05) is 17.2 Å². The largest absolute Gasteiger partial charge is 0.383 e. The van der Waals surface area contributed by atoms with E-state index in [4.69, 9.17) is 5.73 Å². The molecule has 0 atom stereocenters. The Morgan fingerprint density at radius 1 is 1.34 bits per heavy atom. The zero-order valence-corrected chi connectivity index (χ0v) is 18.2. The summed E-state index contributed by atoms with van der Waals surface area (Å²) in [7, 11) is 0. The van der Waals surface area contributed by atoms with Crippen LogP contribution in [0.5, 0.6) is 0 Å². The Balaban J connectivity index is 2.05. The molecule has 8 heteroatoms. The highest BCUT2D eigenvalue weighted by Gasteiger charge is 2.28. The number of hydrogen-bond donors (Lipinski definition) is 2. The van der Waals surface area contributed by atoms with Crippen LogP contribution in [0.4, 0.5) is 11.5 Å². The number of rotatable bonds is 8. The van der Waals surface area contributed by atoms with Crippen molar-refractivity contribution in [1.82, 2.24) is 9.55 Å². The summed E-state index contributed by atoms with van der Waals surface area (Å²) in [5.74, 6) is 0.196. The predicted octanol–water partition coefficient (Wildman–Crippen LogP) is 3.16. The number of aryl methyl sites for hydroxylation is 2. The van der Waals surface area contributed by atoms with E-state index in [1.165, 1.54) is 31.2 Å². The fourth-order valence-electron chi connectivity index (χ4n) is 3.65. The van der Waals surface area contributed by atoms with Gasteiger partial charge in [-0.25, -0.2) is 4.79 Å². The van der Waals surface area contributed by atoms with E-state index in [-0.39, 0.29) is 17.4 Å². The van der Waals surface area contributed by atoms with Gasteiger partial charge in [0.05, 0.1) is 4.88 Å². The second-order valence-corrected chi connectivity index (χ2v) is 9.19. The maximum Gasteiger partial charge on any atom is 0.330 e. The minimum Gasteiger partial charge on any atom is -0.383 e. The van der Waals surface area contributed by atoms with Crippen LogP contribution in [-0.4, -0.2) is 22.0 Å². The van der Waals surface area contributed by atoms with E-state index in [1.807, 2.05) is 13.0 Å². The molecule has 2 aromatic heterocycles. The van der Waals surface area contributed by atoms with E-state index in [1.54, 1.807) is 0 Å². The number of carbonyl (C=O) groups excluding carboxylic acids is 1. The quantitative estimate of drug-likeness (QED) is 0.687. The average molecular weight is 419 g/mol. The third-order valence-corrected chi connectivity index (χ3v) is 6.58. The summed E-state index contributed by atoms with van der Waals surface area (Å²) in [6, 6.07) is 1.95. The van der Waals surface area contributed by atoms with E-state index in [0.717, 1.165) is 38.5 Å². The van der Waals surface area contributed by atoms with Gasteiger partial charge < -0.3 is 5.73 Å². The first-order chi connectivity index (χ1) is 13.8. The number of carbonyl (C=O) groups is 1. The molecule has 0 bridgehead atoms. The van der Waals surface area contributed by atoms with Crippen molar-refractivity contribution in [3.8, 4) is 0 Å². The fraction of sp³-hybridized carbons (Fsp3) is 0.571. The molecule has 0 saturated heterocycles. The van der Waals surface area contributed by atoms with Gasteiger partial charge >= 0.3 is 5.69 Å². The van der Waals surface area contributed by atoms with E-state index >= 15 is 0 Å². The van der Waals surface area contributed by atoms with Crippen molar-refractivity contribution in [3.05, 3.63) is 42.2 Å². The van der Waals surface area contributed by atoms with Gasteiger partial charge in [-0.15, -0.1) is 11.3 Å². The van der Waals surface area contributed by atoms with Gasteiger partial charge in [0.25, 0.3) is 11.5 Å². The Labute approximate surface area is 174 Å². The van der Waals surface area contributed by atoms with Crippen LogP contribution in [0.3, 0.4) is 0 Å². The molecule has 0 aliphatic heterocycles. The molecular weight excluding hydrogens is 388 g/mol. The third-order valence-electron chi connectivity index (χ3n) is 5.35. The minimum absolute atomic E-state index is 0.0633. The first-order valence-corrected chi connectivity index (χ1v) is 11.2. The predicted molar refractivity (Wildman–Crippen MR) is 118 cm³/mol. The van der Waals surface area contributed by atoms with Crippen molar-refractivity contribution < 1.29 is 4.79 Å². The number of nitrogens with one attached hydrogen (secondary N) is 1. The molecule has 0 saturated carbocycles. The van der Waals surface area contributed by atoms with Gasteiger partial charge in [-0.3, -0.25) is 24.0 Å². The number of fused-ring (bicyclic) bond motifs is 1. The van der Waals surface area contributed by atoms with Crippen molar-refractivity contribution in [3.63, 3.8) is 0 Å². The van der Waals surface area contributed by atoms with Crippen LogP contribution >= 0.6 is 11.3 Å². The van der Waals surface area contributed by atoms with E-state index in [0.29, 0.717) is 23.9 Å². The van der Waals surface area contributed by atoms with Crippen LogP contribution in [0.2, 0.25) is 0 Å². The number of aromatic amines is 1. The molecule has 1 amide bonds. The average Bonchev–Trinajstić information content (AvgIpc) is 3.25. The van der Waals surface area contributed by atoms with Crippen LogP contribution in [0, 0.1) is 5.92 Å². The zero-order chi connectivity index (χ0) is 21.1. The van der Waals surface area contributed by atoms with Gasteiger partial charge in [-0.2, -0.15) is 0 Å². The topological polar surface area (TPSA) is 101 Å². The van der Waals surface area contributed by atoms with Crippen molar-refractivity contribution in [1.29, 1.82) is 0 Å². The van der Waals surface area contributed by atoms with Gasteiger partial charge in [0.15, 0.2) is 5.69 Å². The molecule has 0 spiro atoms. The fourth-order valence-corrected chi connectivity index (χ4v) is 4.85. The lowest BCUT2D eigenvalue weighted by Gasteiger charge is -2.25. The Kier molecular flexibility index (Phi) is 6.62. The van der Waals surface area contributed by atoms with E-state index < -0.39 is 11.2 Å². The molecule has 158 valence electrons. The standard InChI is InChI=1S/C21H30N4O3S/c1-4-5-10-25-18(22)17(19(26)23-21(25)28)24(11-9-13(2)3)20(27)16-12-14-7-6-8-15(14)29-16/h12-13H,4-11,22H2,1-3H3,(H,23,26,28). The maximum atomic E-state index is 13.4. The Morgan fingerprint density at radius 2 is 2.10 bits per heavy atom. The van der Waals surface area contributed by atoms with Crippen LogP contribution in [0.15, 0.2) is 15.7 Å². The first-order valence-electron chi connectivity index (χ1n) is 10.4. The SMILES string of the molecule is CCCCn1c(N)c(N(CCC(C)C)C(=O)c2cc3c(s2)CCC3)c(=O)[nH]c1=O. The molecule has 0 aromatic carbocycles. The number of nitrogens with two attached hydrogens (primary N) is 1. The highest BCUT2D eigenvalue weighted by molar-refractivity contribution is 7.14. The number of amides is 1. The van der Waals surface area contributed by atoms with Gasteiger partial charge in [-0.1, -0.05) is 27.2 Å². The van der Waals surface area contributed by atoms with Gasteiger partial charge in [0.2, 0.25) is 0 Å². The van der Waals surface area contributed by atoms with Crippen LogP contribution in [0.1, 0.15) is 66.6 Å². The monoisotopic (exact) mass is 418 g/mol. The Morgan fingerprint density at radius 3 is 2.76 bits per heavy atom. The molecule has 3 N–H and O–H groups in total. The highest BCUT2D eigenvalue weighted by Crippen LogP contribution is 2.32. The Bertz CT molecular complexity index is 981. The van der Waals surface area contributed by atoms with Crippen molar-refractivity contribution in [2.45, 2.75) is 65.8 Å². The maximum absolute atomic E-state index is 13.4. The van der Waals surface area contributed by atoms with E-state index in [9.17, 15) is 14.4 Å². The zero-order valence-electron chi connectivity index (χ0n) is 17.4. The number of nitrogen functional groups attached to an aromatic ring is 1. The van der Waals surface area contributed by atoms with Crippen LogP contribution < -0.4 is 21.9 Å². The van der Waals surface area contributed by atoms with Crippen molar-refractivity contribution >= 4 is 28.7 Å². The summed E-state index contributed by atoms with van der Waals surface area (Å²) in [5.41, 5.74) is 6.45.